The highest BCUT2D eigenvalue weighted by Gasteiger charge is 2.49. The summed E-state index contributed by atoms with van der Waals surface area (Å²) < 4.78 is 28.0. The fourth-order valence-electron chi connectivity index (χ4n) is 6.32. The number of carbonyl (C=O) groups excluding carboxylic acids is 2. The summed E-state index contributed by atoms with van der Waals surface area (Å²) in [5, 5.41) is 2.79. The minimum atomic E-state index is -2.66. The second-order valence-corrected chi connectivity index (χ2v) is 17.8. The summed E-state index contributed by atoms with van der Waals surface area (Å²) in [6, 6.07) is 27.9. The molecule has 4 aromatic carbocycles. The molecule has 4 rings (SSSR count). The zero-order valence-corrected chi connectivity index (χ0v) is 32.1. The van der Waals surface area contributed by atoms with Gasteiger partial charge in [0.25, 0.3) is 8.32 Å². The number of esters is 2. The first-order valence-corrected chi connectivity index (χ1v) is 19.0. The topological polar surface area (TPSA) is 80.3 Å². The van der Waals surface area contributed by atoms with E-state index in [2.05, 4.69) is 69.3 Å². The molecule has 4 aromatic rings. The largest absolute Gasteiger partial charge is 0.494 e. The molecule has 0 saturated heterocycles. The molecule has 264 valence electrons. The van der Waals surface area contributed by atoms with Crippen LogP contribution in [0.5, 0.6) is 11.5 Å². The lowest BCUT2D eigenvalue weighted by Gasteiger charge is -2.43. The third-order valence-electron chi connectivity index (χ3n) is 8.61. The molecule has 7 nitrogen and oxygen atoms in total. The number of hydrogen-bond donors (Lipinski definition) is 0. The molecule has 0 amide bonds. The average molecular weight is 736 g/mol. The van der Waals surface area contributed by atoms with Gasteiger partial charge in [0, 0.05) is 6.61 Å². The van der Waals surface area contributed by atoms with Crippen LogP contribution < -0.4 is 19.8 Å². The highest BCUT2D eigenvalue weighted by Crippen LogP contribution is 2.40. The highest BCUT2D eigenvalue weighted by molar-refractivity contribution is 6.99. The summed E-state index contributed by atoms with van der Waals surface area (Å²) in [5.41, 5.74) is 2.24. The van der Waals surface area contributed by atoms with E-state index in [4.69, 9.17) is 46.6 Å². The third kappa shape index (κ3) is 8.27. The number of allylic oxidation sites excluding steroid dienone is 1. The van der Waals surface area contributed by atoms with Gasteiger partial charge in [0.2, 0.25) is 0 Å². The number of benzene rings is 4. The quantitative estimate of drug-likeness (QED) is 0.0728. The standard InChI is InChI=1S/C40H44Cl2O7Si/c1-40(2,3)50(29-17-11-8-12-18-29,30-19-13-9-14-20-30)49-22-16-10-15-21-31(27-23-32(38(43)47-6)36(45-4)34(41)25-27)28-24-33(39(44)48-7)37(46-5)35(42)26-28/h8-9,11-14,17-21,23-26H,10,15-16,22H2,1-7H3. The van der Waals surface area contributed by atoms with Crippen molar-refractivity contribution in [3.05, 3.63) is 123 Å². The van der Waals surface area contributed by atoms with Crippen molar-refractivity contribution in [1.82, 2.24) is 0 Å². The molecular formula is C40H44Cl2O7Si. The summed E-state index contributed by atoms with van der Waals surface area (Å²) in [5.74, 6) is -0.808. The second-order valence-electron chi connectivity index (χ2n) is 12.7. The molecule has 0 heterocycles. The average Bonchev–Trinajstić information content (AvgIpc) is 3.11. The van der Waals surface area contributed by atoms with Crippen LogP contribution in [0.3, 0.4) is 0 Å². The highest BCUT2D eigenvalue weighted by atomic mass is 35.5. The van der Waals surface area contributed by atoms with E-state index in [9.17, 15) is 9.59 Å². The van der Waals surface area contributed by atoms with Crippen LogP contribution in [0.2, 0.25) is 15.1 Å². The summed E-state index contributed by atoms with van der Waals surface area (Å²) in [6.45, 7) is 7.36. The molecule has 0 unspecified atom stereocenters. The number of halogens is 2. The number of hydrogen-bond acceptors (Lipinski definition) is 7. The molecule has 0 aliphatic heterocycles. The zero-order chi connectivity index (χ0) is 36.5. The van der Waals surface area contributed by atoms with Gasteiger partial charge >= 0.3 is 11.9 Å². The van der Waals surface area contributed by atoms with Crippen molar-refractivity contribution in [2.24, 2.45) is 0 Å². The van der Waals surface area contributed by atoms with Crippen molar-refractivity contribution in [2.75, 3.05) is 35.0 Å². The maximum absolute atomic E-state index is 12.8. The van der Waals surface area contributed by atoms with Crippen molar-refractivity contribution >= 4 is 59.4 Å². The van der Waals surface area contributed by atoms with Crippen molar-refractivity contribution < 1.29 is 33.0 Å². The van der Waals surface area contributed by atoms with E-state index in [-0.39, 0.29) is 37.7 Å². The molecular weight excluding hydrogens is 691 g/mol. The van der Waals surface area contributed by atoms with E-state index in [0.717, 1.165) is 12.8 Å². The first kappa shape index (κ1) is 38.7. The molecule has 0 saturated carbocycles. The molecule has 0 N–H and O–H groups in total. The van der Waals surface area contributed by atoms with E-state index in [1.165, 1.54) is 38.8 Å². The van der Waals surface area contributed by atoms with Crippen LogP contribution in [0.25, 0.3) is 5.57 Å². The summed E-state index contributed by atoms with van der Waals surface area (Å²) >= 11 is 13.3. The SMILES string of the molecule is COC(=O)c1cc(C(=CCCCCO[Si](c2ccccc2)(c2ccccc2)C(C)(C)C)c2cc(Cl)c(OC)c(C(=O)OC)c2)cc(Cl)c1OC. The summed E-state index contributed by atoms with van der Waals surface area (Å²) in [7, 11) is 2.79. The fraction of sp³-hybridized carbons (Fsp3) is 0.300. The van der Waals surface area contributed by atoms with Crippen LogP contribution in [0.1, 0.15) is 71.9 Å². The molecule has 0 aliphatic carbocycles. The van der Waals surface area contributed by atoms with Gasteiger partial charge in [-0.25, -0.2) is 9.59 Å². The van der Waals surface area contributed by atoms with Crippen molar-refractivity contribution in [3.8, 4) is 11.5 Å². The smallest absolute Gasteiger partial charge is 0.341 e. The molecule has 0 bridgehead atoms. The van der Waals surface area contributed by atoms with Gasteiger partial charge in [0.05, 0.1) is 38.5 Å². The molecule has 0 spiro atoms. The molecule has 0 aliphatic rings. The molecule has 0 atom stereocenters. The van der Waals surface area contributed by atoms with Crippen LogP contribution in [-0.4, -0.2) is 55.3 Å². The predicted octanol–water partition coefficient (Wildman–Crippen LogP) is 8.76. The van der Waals surface area contributed by atoms with Gasteiger partial charge in [-0.3, -0.25) is 0 Å². The maximum atomic E-state index is 12.8. The number of methoxy groups -OCH3 is 4. The van der Waals surface area contributed by atoms with Crippen LogP contribution in [-0.2, 0) is 13.9 Å². The fourth-order valence-corrected chi connectivity index (χ4v) is 11.5. The normalized spacial score (nSPS) is 11.5. The Labute approximate surface area is 306 Å². The third-order valence-corrected chi connectivity index (χ3v) is 14.2. The van der Waals surface area contributed by atoms with Gasteiger partial charge in [-0.2, -0.15) is 0 Å². The lowest BCUT2D eigenvalue weighted by Crippen LogP contribution is -2.66. The Morgan fingerprint density at radius 3 is 1.50 bits per heavy atom. The second kappa shape index (κ2) is 17.2. The minimum Gasteiger partial charge on any atom is -0.494 e. The van der Waals surface area contributed by atoms with Gasteiger partial charge in [0.1, 0.15) is 11.1 Å². The zero-order valence-electron chi connectivity index (χ0n) is 29.6. The van der Waals surface area contributed by atoms with Gasteiger partial charge in [-0.05, 0) is 75.6 Å². The van der Waals surface area contributed by atoms with E-state index in [1.54, 1.807) is 24.3 Å². The Bertz CT molecular complexity index is 1700. The van der Waals surface area contributed by atoms with Crippen molar-refractivity contribution in [1.29, 1.82) is 0 Å². The first-order valence-electron chi connectivity index (χ1n) is 16.3. The lowest BCUT2D eigenvalue weighted by atomic mass is 9.93. The maximum Gasteiger partial charge on any atom is 0.341 e. The van der Waals surface area contributed by atoms with Crippen LogP contribution in [0.15, 0.2) is 91.0 Å². The summed E-state index contributed by atoms with van der Waals surface area (Å²) in [6.07, 6.45) is 4.28. The Balaban J connectivity index is 1.70. The number of carbonyl (C=O) groups is 2. The summed E-state index contributed by atoms with van der Waals surface area (Å²) in [4.78, 5) is 25.6. The van der Waals surface area contributed by atoms with E-state index in [1.807, 2.05) is 18.2 Å². The van der Waals surface area contributed by atoms with Crippen LogP contribution >= 0.6 is 23.2 Å². The minimum absolute atomic E-state index is 0.126. The van der Waals surface area contributed by atoms with Crippen LogP contribution in [0.4, 0.5) is 0 Å². The Morgan fingerprint density at radius 2 is 1.12 bits per heavy atom. The Morgan fingerprint density at radius 1 is 0.680 bits per heavy atom. The van der Waals surface area contributed by atoms with Gasteiger partial charge < -0.3 is 23.4 Å². The van der Waals surface area contributed by atoms with E-state index < -0.39 is 20.3 Å². The van der Waals surface area contributed by atoms with Crippen molar-refractivity contribution in [3.63, 3.8) is 0 Å². The predicted molar refractivity (Wildman–Crippen MR) is 203 cm³/mol. The van der Waals surface area contributed by atoms with Crippen molar-refractivity contribution in [2.45, 2.75) is 45.1 Å². The molecule has 0 fully saturated rings. The van der Waals surface area contributed by atoms with E-state index >= 15 is 0 Å². The number of ether oxygens (including phenoxy) is 4. The Hall–Kier alpha value is -4.08. The monoisotopic (exact) mass is 734 g/mol. The number of rotatable bonds is 14. The van der Waals surface area contributed by atoms with Gasteiger partial charge in [0.15, 0.2) is 11.5 Å². The van der Waals surface area contributed by atoms with Gasteiger partial charge in [-0.15, -0.1) is 0 Å². The molecule has 0 aromatic heterocycles. The molecule has 50 heavy (non-hydrogen) atoms. The Kier molecular flexibility index (Phi) is 13.3. The first-order chi connectivity index (χ1) is 23.9. The van der Waals surface area contributed by atoms with Crippen LogP contribution in [0, 0.1) is 0 Å². The van der Waals surface area contributed by atoms with Gasteiger partial charge in [-0.1, -0.05) is 111 Å². The number of unbranched alkanes of at least 4 members (excludes halogenated alkanes) is 2. The van der Waals surface area contributed by atoms with E-state index in [0.29, 0.717) is 29.7 Å². The molecule has 0 radical (unpaired) electrons. The molecule has 10 heteroatoms. The lowest BCUT2D eigenvalue weighted by molar-refractivity contribution is 0.0588.